The highest BCUT2D eigenvalue weighted by atomic mass is 35.5. The molecule has 5 nitrogen and oxygen atoms in total. The highest BCUT2D eigenvalue weighted by Crippen LogP contribution is 2.34. The maximum atomic E-state index is 12.5. The van der Waals surface area contributed by atoms with Gasteiger partial charge >= 0.3 is 6.09 Å². The Hall–Kier alpha value is -1.49. The van der Waals surface area contributed by atoms with Crippen LogP contribution in [0.3, 0.4) is 0 Å². The third-order valence-electron chi connectivity index (χ3n) is 4.49. The van der Waals surface area contributed by atoms with Gasteiger partial charge in [-0.05, 0) is 51.7 Å². The molecule has 126 valence electrons. The molecular weight excluding hydrogens is 314 g/mol. The number of hydrogen-bond donors (Lipinski definition) is 0. The van der Waals surface area contributed by atoms with E-state index in [4.69, 9.17) is 16.3 Å². The summed E-state index contributed by atoms with van der Waals surface area (Å²) in [5.41, 5.74) is 0.607. The minimum absolute atomic E-state index is 0.191. The van der Waals surface area contributed by atoms with Gasteiger partial charge in [0.1, 0.15) is 10.8 Å². The summed E-state index contributed by atoms with van der Waals surface area (Å²) < 4.78 is 5.58. The zero-order valence-electron chi connectivity index (χ0n) is 14.0. The van der Waals surface area contributed by atoms with Gasteiger partial charge in [-0.25, -0.2) is 9.78 Å². The fourth-order valence-corrected chi connectivity index (χ4v) is 3.61. The summed E-state index contributed by atoms with van der Waals surface area (Å²) >= 11 is 5.87. The van der Waals surface area contributed by atoms with E-state index in [1.54, 1.807) is 6.20 Å². The largest absolute Gasteiger partial charge is 0.444 e. The van der Waals surface area contributed by atoms with Crippen LogP contribution in [0, 0.1) is 5.92 Å². The zero-order valence-corrected chi connectivity index (χ0v) is 14.7. The van der Waals surface area contributed by atoms with Crippen molar-refractivity contribution >= 4 is 23.4 Å². The molecule has 0 spiro atoms. The zero-order chi connectivity index (χ0) is 16.6. The highest BCUT2D eigenvalue weighted by Gasteiger charge is 2.42. The molecule has 0 radical (unpaired) electrons. The maximum absolute atomic E-state index is 12.5. The first-order valence-corrected chi connectivity index (χ1v) is 8.57. The first kappa shape index (κ1) is 16.4. The lowest BCUT2D eigenvalue weighted by atomic mass is 9.92. The SMILES string of the molecule is CC(C)(C)OC(=O)N1CCC[C@H]2CN(c3ccc(Cl)nc3)C[C@H]21. The highest BCUT2D eigenvalue weighted by molar-refractivity contribution is 6.29. The number of halogens is 1. The average molecular weight is 338 g/mol. The van der Waals surface area contributed by atoms with Crippen LogP contribution < -0.4 is 4.90 Å². The molecule has 0 unspecified atom stereocenters. The molecule has 1 aromatic rings. The Labute approximate surface area is 142 Å². The molecule has 2 atom stereocenters. The molecule has 23 heavy (non-hydrogen) atoms. The number of carbonyl (C=O) groups excluding carboxylic acids is 1. The molecule has 3 heterocycles. The first-order chi connectivity index (χ1) is 10.8. The molecular formula is C17H24ClN3O2. The Morgan fingerprint density at radius 2 is 2.13 bits per heavy atom. The molecule has 0 aliphatic carbocycles. The number of ether oxygens (including phenoxy) is 1. The minimum Gasteiger partial charge on any atom is -0.444 e. The van der Waals surface area contributed by atoms with Crippen LogP contribution in [0.2, 0.25) is 5.15 Å². The van der Waals surface area contributed by atoms with E-state index in [9.17, 15) is 4.79 Å². The fourth-order valence-electron chi connectivity index (χ4n) is 3.49. The number of piperidine rings is 1. The lowest BCUT2D eigenvalue weighted by Crippen LogP contribution is -2.50. The minimum atomic E-state index is -0.456. The van der Waals surface area contributed by atoms with Crippen molar-refractivity contribution in [1.29, 1.82) is 0 Å². The van der Waals surface area contributed by atoms with Crippen LogP contribution in [0.15, 0.2) is 18.3 Å². The molecule has 2 saturated heterocycles. The average Bonchev–Trinajstić information content (AvgIpc) is 2.89. The number of amides is 1. The number of pyridine rings is 1. The Bertz CT molecular complexity index is 570. The van der Waals surface area contributed by atoms with Gasteiger partial charge in [0, 0.05) is 19.6 Å². The molecule has 2 aliphatic heterocycles. The molecule has 6 heteroatoms. The van der Waals surface area contributed by atoms with Crippen molar-refractivity contribution in [2.45, 2.75) is 45.3 Å². The van der Waals surface area contributed by atoms with Crippen molar-refractivity contribution in [2.24, 2.45) is 5.92 Å². The van der Waals surface area contributed by atoms with Gasteiger partial charge in [0.2, 0.25) is 0 Å². The summed E-state index contributed by atoms with van der Waals surface area (Å²) in [4.78, 5) is 20.9. The smallest absolute Gasteiger partial charge is 0.410 e. The standard InChI is InChI=1S/C17H24ClN3O2/c1-17(2,3)23-16(22)21-8-4-5-12-10-20(11-14(12)21)13-6-7-15(18)19-9-13/h6-7,9,12,14H,4-5,8,10-11H2,1-3H3/t12-,14+/m0/s1. The van der Waals surface area contributed by atoms with Gasteiger partial charge < -0.3 is 14.5 Å². The Morgan fingerprint density at radius 1 is 1.35 bits per heavy atom. The molecule has 1 aromatic heterocycles. The van der Waals surface area contributed by atoms with Gasteiger partial charge in [0.05, 0.1) is 17.9 Å². The van der Waals surface area contributed by atoms with E-state index in [0.717, 1.165) is 38.2 Å². The number of nitrogens with zero attached hydrogens (tertiary/aromatic N) is 3. The summed E-state index contributed by atoms with van der Waals surface area (Å²) in [5.74, 6) is 0.493. The van der Waals surface area contributed by atoms with E-state index in [-0.39, 0.29) is 12.1 Å². The maximum Gasteiger partial charge on any atom is 0.410 e. The second kappa shape index (κ2) is 6.19. The van der Waals surface area contributed by atoms with E-state index in [2.05, 4.69) is 9.88 Å². The number of fused-ring (bicyclic) bond motifs is 1. The summed E-state index contributed by atoms with van der Waals surface area (Å²) in [6, 6.07) is 4.02. The summed E-state index contributed by atoms with van der Waals surface area (Å²) in [7, 11) is 0. The van der Waals surface area contributed by atoms with E-state index < -0.39 is 5.60 Å². The van der Waals surface area contributed by atoms with Gasteiger partial charge in [0.25, 0.3) is 0 Å². The van der Waals surface area contributed by atoms with Crippen LogP contribution in [0.4, 0.5) is 10.5 Å². The quantitative estimate of drug-likeness (QED) is 0.735. The second-order valence-corrected chi connectivity index (χ2v) is 7.77. The third-order valence-corrected chi connectivity index (χ3v) is 4.71. The van der Waals surface area contributed by atoms with Crippen molar-refractivity contribution < 1.29 is 9.53 Å². The van der Waals surface area contributed by atoms with Crippen molar-refractivity contribution in [3.8, 4) is 0 Å². The molecule has 1 amide bonds. The molecule has 0 saturated carbocycles. The lowest BCUT2D eigenvalue weighted by molar-refractivity contribution is 0.00670. The number of rotatable bonds is 1. The predicted octanol–water partition coefficient (Wildman–Crippen LogP) is 3.57. The van der Waals surface area contributed by atoms with Crippen molar-refractivity contribution in [1.82, 2.24) is 9.88 Å². The van der Waals surface area contributed by atoms with Gasteiger partial charge in [-0.15, -0.1) is 0 Å². The van der Waals surface area contributed by atoms with Crippen molar-refractivity contribution in [2.75, 3.05) is 24.5 Å². The van der Waals surface area contributed by atoms with Gasteiger partial charge in [-0.3, -0.25) is 0 Å². The monoisotopic (exact) mass is 337 g/mol. The number of anilines is 1. The number of aromatic nitrogens is 1. The molecule has 0 N–H and O–H groups in total. The van der Waals surface area contributed by atoms with Crippen molar-refractivity contribution in [3.63, 3.8) is 0 Å². The van der Waals surface area contributed by atoms with Crippen LogP contribution >= 0.6 is 11.6 Å². The van der Waals surface area contributed by atoms with Gasteiger partial charge in [-0.1, -0.05) is 11.6 Å². The topological polar surface area (TPSA) is 45.7 Å². The number of likely N-dealkylation sites (tertiary alicyclic amines) is 1. The van der Waals surface area contributed by atoms with Crippen LogP contribution in [0.1, 0.15) is 33.6 Å². The van der Waals surface area contributed by atoms with Gasteiger partial charge in [0.15, 0.2) is 0 Å². The van der Waals surface area contributed by atoms with Crippen LogP contribution in [0.5, 0.6) is 0 Å². The molecule has 2 fully saturated rings. The van der Waals surface area contributed by atoms with E-state index in [1.165, 1.54) is 0 Å². The summed E-state index contributed by atoms with van der Waals surface area (Å²) in [6.07, 6.45) is 3.80. The van der Waals surface area contributed by atoms with Crippen LogP contribution in [-0.4, -0.2) is 47.3 Å². The summed E-state index contributed by atoms with van der Waals surface area (Å²) in [6.45, 7) is 8.29. The first-order valence-electron chi connectivity index (χ1n) is 8.19. The second-order valence-electron chi connectivity index (χ2n) is 7.39. The predicted molar refractivity (Wildman–Crippen MR) is 90.9 cm³/mol. The molecule has 2 aliphatic rings. The Morgan fingerprint density at radius 3 is 2.78 bits per heavy atom. The third kappa shape index (κ3) is 3.71. The Balaban J connectivity index is 1.72. The van der Waals surface area contributed by atoms with Crippen LogP contribution in [-0.2, 0) is 4.74 Å². The van der Waals surface area contributed by atoms with Gasteiger partial charge in [-0.2, -0.15) is 0 Å². The van der Waals surface area contributed by atoms with E-state index in [1.807, 2.05) is 37.8 Å². The number of carbonyl (C=O) groups is 1. The molecule has 3 rings (SSSR count). The molecule has 0 aromatic carbocycles. The fraction of sp³-hybridized carbons (Fsp3) is 0.647. The van der Waals surface area contributed by atoms with Crippen molar-refractivity contribution in [3.05, 3.63) is 23.5 Å². The van der Waals surface area contributed by atoms with E-state index in [0.29, 0.717) is 11.1 Å². The van der Waals surface area contributed by atoms with E-state index >= 15 is 0 Å². The summed E-state index contributed by atoms with van der Waals surface area (Å²) in [5, 5.41) is 0.501. The molecule has 0 bridgehead atoms. The Kier molecular flexibility index (Phi) is 4.41. The lowest BCUT2D eigenvalue weighted by Gasteiger charge is -2.37. The van der Waals surface area contributed by atoms with Crippen LogP contribution in [0.25, 0.3) is 0 Å². The number of hydrogen-bond acceptors (Lipinski definition) is 4. The normalized spacial score (nSPS) is 24.5.